The van der Waals surface area contributed by atoms with Crippen molar-refractivity contribution in [2.24, 2.45) is 5.92 Å². The minimum atomic E-state index is -0.352. The molecule has 0 spiro atoms. The van der Waals surface area contributed by atoms with Gasteiger partial charge in [-0.05, 0) is 54.3 Å². The van der Waals surface area contributed by atoms with E-state index in [4.69, 9.17) is 16.3 Å². The molecule has 132 valence electrons. The number of esters is 1. The van der Waals surface area contributed by atoms with E-state index >= 15 is 0 Å². The molecule has 0 bridgehead atoms. The Morgan fingerprint density at radius 2 is 1.68 bits per heavy atom. The molecule has 5 heteroatoms. The van der Waals surface area contributed by atoms with E-state index in [2.05, 4.69) is 5.32 Å². The zero-order chi connectivity index (χ0) is 18.2. The molecular formula is C20H22ClNO3. The Bertz CT molecular complexity index is 709. The topological polar surface area (TPSA) is 55.4 Å². The highest BCUT2D eigenvalue weighted by Gasteiger charge is 2.09. The summed E-state index contributed by atoms with van der Waals surface area (Å²) >= 11 is 5.84. The summed E-state index contributed by atoms with van der Waals surface area (Å²) < 4.78 is 5.17. The molecule has 2 rings (SSSR count). The summed E-state index contributed by atoms with van der Waals surface area (Å²) in [6.07, 6.45) is 1.02. The number of carbonyl (C=O) groups is 2. The monoisotopic (exact) mass is 359 g/mol. The second kappa shape index (κ2) is 9.23. The molecule has 0 aliphatic carbocycles. The maximum absolute atomic E-state index is 12.0. The Kier molecular flexibility index (Phi) is 7.02. The van der Waals surface area contributed by atoms with Crippen molar-refractivity contribution >= 4 is 29.2 Å². The Morgan fingerprint density at radius 1 is 1.04 bits per heavy atom. The zero-order valence-electron chi connectivity index (χ0n) is 14.4. The van der Waals surface area contributed by atoms with Crippen LogP contribution in [0.4, 0.5) is 5.69 Å². The number of amides is 1. The number of benzene rings is 2. The van der Waals surface area contributed by atoms with Crippen molar-refractivity contribution in [2.45, 2.75) is 26.7 Å². The highest BCUT2D eigenvalue weighted by Crippen LogP contribution is 2.13. The maximum atomic E-state index is 12.0. The normalized spacial score (nSPS) is 10.6. The van der Waals surface area contributed by atoms with Crippen LogP contribution in [0.25, 0.3) is 0 Å². The average molecular weight is 360 g/mol. The third-order valence-electron chi connectivity index (χ3n) is 3.51. The highest BCUT2D eigenvalue weighted by atomic mass is 35.5. The lowest BCUT2D eigenvalue weighted by molar-refractivity contribution is -0.116. The first kappa shape index (κ1) is 19.0. The van der Waals surface area contributed by atoms with Crippen LogP contribution in [-0.4, -0.2) is 18.5 Å². The second-order valence-electron chi connectivity index (χ2n) is 6.24. The number of aryl methyl sites for hydroxylation is 1. The van der Waals surface area contributed by atoms with Crippen molar-refractivity contribution < 1.29 is 14.3 Å². The lowest BCUT2D eigenvalue weighted by Crippen LogP contribution is -2.13. The van der Waals surface area contributed by atoms with E-state index in [-0.39, 0.29) is 11.9 Å². The van der Waals surface area contributed by atoms with Gasteiger partial charge in [0.1, 0.15) is 0 Å². The fraction of sp³-hybridized carbons (Fsp3) is 0.300. The third kappa shape index (κ3) is 6.59. The van der Waals surface area contributed by atoms with Gasteiger partial charge in [-0.1, -0.05) is 37.6 Å². The minimum Gasteiger partial charge on any atom is -0.462 e. The van der Waals surface area contributed by atoms with Gasteiger partial charge in [0.05, 0.1) is 12.2 Å². The van der Waals surface area contributed by atoms with E-state index in [1.807, 2.05) is 38.1 Å². The summed E-state index contributed by atoms with van der Waals surface area (Å²) in [5.74, 6) is -0.137. The molecule has 1 amide bonds. The van der Waals surface area contributed by atoms with E-state index in [0.29, 0.717) is 41.6 Å². The number of rotatable bonds is 7. The molecule has 2 aromatic rings. The van der Waals surface area contributed by atoms with Crippen LogP contribution in [0.15, 0.2) is 48.5 Å². The Morgan fingerprint density at radius 3 is 2.28 bits per heavy atom. The van der Waals surface area contributed by atoms with Crippen LogP contribution in [0.2, 0.25) is 5.02 Å². The van der Waals surface area contributed by atoms with Crippen molar-refractivity contribution in [1.29, 1.82) is 0 Å². The molecule has 0 aromatic heterocycles. The summed E-state index contributed by atoms with van der Waals surface area (Å²) in [6, 6.07) is 14.1. The van der Waals surface area contributed by atoms with Crippen molar-refractivity contribution in [1.82, 2.24) is 0 Å². The van der Waals surface area contributed by atoms with Crippen molar-refractivity contribution in [3.8, 4) is 0 Å². The molecule has 0 unspecified atom stereocenters. The summed E-state index contributed by atoms with van der Waals surface area (Å²) in [4.78, 5) is 23.9. The van der Waals surface area contributed by atoms with Crippen LogP contribution in [0, 0.1) is 5.92 Å². The van der Waals surface area contributed by atoms with Crippen LogP contribution in [0.3, 0.4) is 0 Å². The van der Waals surface area contributed by atoms with Crippen LogP contribution >= 0.6 is 11.6 Å². The summed E-state index contributed by atoms with van der Waals surface area (Å²) in [5, 5.41) is 3.50. The first-order chi connectivity index (χ1) is 11.9. The highest BCUT2D eigenvalue weighted by molar-refractivity contribution is 6.30. The third-order valence-corrected chi connectivity index (χ3v) is 3.76. The van der Waals surface area contributed by atoms with Gasteiger partial charge < -0.3 is 10.1 Å². The standard InChI is InChI=1S/C20H22ClNO3/c1-14(2)13-25-20(24)16-6-10-18(11-7-16)22-19(23)12-5-15-3-8-17(21)9-4-15/h3-4,6-11,14H,5,12-13H2,1-2H3,(H,22,23). The van der Waals surface area contributed by atoms with Gasteiger partial charge >= 0.3 is 5.97 Å². The van der Waals surface area contributed by atoms with Crippen LogP contribution in [-0.2, 0) is 16.0 Å². The average Bonchev–Trinajstić information content (AvgIpc) is 2.60. The zero-order valence-corrected chi connectivity index (χ0v) is 15.2. The summed E-state index contributed by atoms with van der Waals surface area (Å²) in [7, 11) is 0. The number of ether oxygens (including phenoxy) is 1. The fourth-order valence-electron chi connectivity index (χ4n) is 2.15. The molecule has 0 fully saturated rings. The smallest absolute Gasteiger partial charge is 0.338 e. The predicted molar refractivity (Wildman–Crippen MR) is 100.0 cm³/mol. The van der Waals surface area contributed by atoms with E-state index in [9.17, 15) is 9.59 Å². The molecule has 0 aliphatic heterocycles. The molecule has 1 N–H and O–H groups in total. The predicted octanol–water partition coefficient (Wildman–Crippen LogP) is 4.72. The van der Waals surface area contributed by atoms with E-state index in [1.54, 1.807) is 24.3 Å². The Labute approximate surface area is 153 Å². The van der Waals surface area contributed by atoms with Gasteiger partial charge in [-0.15, -0.1) is 0 Å². The first-order valence-corrected chi connectivity index (χ1v) is 8.63. The molecule has 0 saturated carbocycles. The van der Waals surface area contributed by atoms with Crippen LogP contribution in [0.1, 0.15) is 36.2 Å². The van der Waals surface area contributed by atoms with Gasteiger partial charge in [-0.3, -0.25) is 4.79 Å². The molecule has 4 nitrogen and oxygen atoms in total. The number of nitrogens with one attached hydrogen (secondary N) is 1. The van der Waals surface area contributed by atoms with Crippen LogP contribution < -0.4 is 5.32 Å². The summed E-state index contributed by atoms with van der Waals surface area (Å²) in [5.41, 5.74) is 2.18. The van der Waals surface area contributed by atoms with Crippen LogP contribution in [0.5, 0.6) is 0 Å². The minimum absolute atomic E-state index is 0.0786. The van der Waals surface area contributed by atoms with Gasteiger partial charge in [-0.25, -0.2) is 4.79 Å². The van der Waals surface area contributed by atoms with Crippen molar-refractivity contribution in [2.75, 3.05) is 11.9 Å². The summed E-state index contributed by atoms with van der Waals surface area (Å²) in [6.45, 7) is 4.36. The lowest BCUT2D eigenvalue weighted by atomic mass is 10.1. The van der Waals surface area contributed by atoms with E-state index in [1.165, 1.54) is 0 Å². The first-order valence-electron chi connectivity index (χ1n) is 8.25. The maximum Gasteiger partial charge on any atom is 0.338 e. The van der Waals surface area contributed by atoms with Crippen molar-refractivity contribution in [3.05, 3.63) is 64.7 Å². The quantitative estimate of drug-likeness (QED) is 0.727. The molecule has 0 heterocycles. The Hall–Kier alpha value is -2.33. The van der Waals surface area contributed by atoms with Crippen molar-refractivity contribution in [3.63, 3.8) is 0 Å². The number of hydrogen-bond donors (Lipinski definition) is 1. The number of hydrogen-bond acceptors (Lipinski definition) is 3. The van der Waals surface area contributed by atoms with Gasteiger partial charge in [0.25, 0.3) is 0 Å². The molecular weight excluding hydrogens is 338 g/mol. The SMILES string of the molecule is CC(C)COC(=O)c1ccc(NC(=O)CCc2ccc(Cl)cc2)cc1. The largest absolute Gasteiger partial charge is 0.462 e. The molecule has 0 saturated heterocycles. The molecule has 0 atom stereocenters. The molecule has 25 heavy (non-hydrogen) atoms. The van der Waals surface area contributed by atoms with E-state index in [0.717, 1.165) is 5.56 Å². The van der Waals surface area contributed by atoms with Gasteiger partial charge in [0, 0.05) is 17.1 Å². The van der Waals surface area contributed by atoms with Gasteiger partial charge in [0.2, 0.25) is 5.91 Å². The molecule has 0 aliphatic rings. The van der Waals surface area contributed by atoms with Gasteiger partial charge in [-0.2, -0.15) is 0 Å². The second-order valence-corrected chi connectivity index (χ2v) is 6.68. The number of anilines is 1. The molecule has 0 radical (unpaired) electrons. The molecule has 2 aromatic carbocycles. The van der Waals surface area contributed by atoms with Gasteiger partial charge in [0.15, 0.2) is 0 Å². The number of carbonyl (C=O) groups excluding carboxylic acids is 2. The number of halogens is 1. The Balaban J connectivity index is 1.82. The fourth-order valence-corrected chi connectivity index (χ4v) is 2.27. The lowest BCUT2D eigenvalue weighted by Gasteiger charge is -2.08. The van der Waals surface area contributed by atoms with E-state index < -0.39 is 0 Å².